The Hall–Kier alpha value is 0.0274. The summed E-state index contributed by atoms with van der Waals surface area (Å²) in [6.07, 6.45) is -1.24. The Morgan fingerprint density at radius 3 is 2.33 bits per heavy atom. The van der Waals surface area contributed by atoms with Gasteiger partial charge in [-0.25, -0.2) is 0 Å². The van der Waals surface area contributed by atoms with Crippen molar-refractivity contribution < 1.29 is 33.5 Å². The molecule has 0 aromatic carbocycles. The minimum absolute atomic E-state index is 0. The topological polar surface area (TPSA) is 49.4 Å². The standard InChI is InChI=1S/C5H9O3.Li/c1-3-8-5(7)4(2)6;/h4H,3H2,1-2H3;/q-1;+1/t4-;/m0./s1. The maximum absolute atomic E-state index is 10.2. The second kappa shape index (κ2) is 6.15. The molecular weight excluding hydrogens is 115 g/mol. The zero-order chi connectivity index (χ0) is 6.57. The van der Waals surface area contributed by atoms with Gasteiger partial charge in [-0.2, -0.15) is 0 Å². The van der Waals surface area contributed by atoms with E-state index < -0.39 is 12.1 Å². The van der Waals surface area contributed by atoms with Crippen LogP contribution < -0.4 is 24.0 Å². The smallest absolute Gasteiger partial charge is 0.844 e. The maximum atomic E-state index is 10.2. The van der Waals surface area contributed by atoms with Crippen molar-refractivity contribution in [2.24, 2.45) is 0 Å². The summed E-state index contributed by atoms with van der Waals surface area (Å²) in [4.78, 5) is 10.2. The van der Waals surface area contributed by atoms with Gasteiger partial charge < -0.3 is 9.84 Å². The van der Waals surface area contributed by atoms with Crippen LogP contribution >= 0.6 is 0 Å². The van der Waals surface area contributed by atoms with Gasteiger partial charge in [0.2, 0.25) is 0 Å². The van der Waals surface area contributed by atoms with E-state index in [1.807, 2.05) is 0 Å². The molecule has 0 fully saturated rings. The van der Waals surface area contributed by atoms with E-state index in [1.54, 1.807) is 6.92 Å². The second-order valence-electron chi connectivity index (χ2n) is 1.39. The van der Waals surface area contributed by atoms with Crippen LogP contribution in [0.3, 0.4) is 0 Å². The maximum Gasteiger partial charge on any atom is 1.00 e. The third-order valence-corrected chi connectivity index (χ3v) is 0.619. The van der Waals surface area contributed by atoms with E-state index in [4.69, 9.17) is 0 Å². The molecule has 9 heavy (non-hydrogen) atoms. The SMILES string of the molecule is CCOC(=O)[C@H](C)[O-].[Li+]. The summed E-state index contributed by atoms with van der Waals surface area (Å²) in [7, 11) is 0. The molecule has 0 saturated heterocycles. The number of hydrogen-bond donors (Lipinski definition) is 0. The van der Waals surface area contributed by atoms with E-state index in [-0.39, 0.29) is 25.5 Å². The molecule has 0 heterocycles. The number of rotatable bonds is 2. The van der Waals surface area contributed by atoms with E-state index in [0.717, 1.165) is 0 Å². The van der Waals surface area contributed by atoms with Gasteiger partial charge in [0.1, 0.15) is 0 Å². The fourth-order valence-electron chi connectivity index (χ4n) is 0.260. The van der Waals surface area contributed by atoms with Crippen molar-refractivity contribution in [3.05, 3.63) is 0 Å². The summed E-state index contributed by atoms with van der Waals surface area (Å²) in [5.41, 5.74) is 0. The Morgan fingerprint density at radius 1 is 1.78 bits per heavy atom. The first-order valence-electron chi connectivity index (χ1n) is 2.51. The van der Waals surface area contributed by atoms with Gasteiger partial charge >= 0.3 is 18.9 Å². The van der Waals surface area contributed by atoms with Crippen LogP contribution in [0, 0.1) is 0 Å². The van der Waals surface area contributed by atoms with Crippen LogP contribution in [0.1, 0.15) is 13.8 Å². The van der Waals surface area contributed by atoms with E-state index >= 15 is 0 Å². The Morgan fingerprint density at radius 2 is 2.22 bits per heavy atom. The van der Waals surface area contributed by atoms with Crippen LogP contribution in [0.25, 0.3) is 0 Å². The molecule has 0 amide bonds. The minimum atomic E-state index is -1.24. The monoisotopic (exact) mass is 124 g/mol. The van der Waals surface area contributed by atoms with Gasteiger partial charge in [0.15, 0.2) is 0 Å². The molecule has 0 aliphatic heterocycles. The van der Waals surface area contributed by atoms with Crippen LogP contribution in [-0.2, 0) is 9.53 Å². The number of carbonyl (C=O) groups excluding carboxylic acids is 1. The number of carbonyl (C=O) groups is 1. The molecule has 48 valence electrons. The molecule has 1 atom stereocenters. The van der Waals surface area contributed by atoms with Crippen LogP contribution in [0.5, 0.6) is 0 Å². The van der Waals surface area contributed by atoms with Crippen LogP contribution in [0.4, 0.5) is 0 Å². The fraction of sp³-hybridized carbons (Fsp3) is 0.800. The first kappa shape index (κ1) is 11.8. The third-order valence-electron chi connectivity index (χ3n) is 0.619. The van der Waals surface area contributed by atoms with E-state index in [9.17, 15) is 9.90 Å². The Bertz CT molecular complexity index is 82.3. The van der Waals surface area contributed by atoms with Gasteiger partial charge in [-0.1, -0.05) is 6.92 Å². The molecule has 0 bridgehead atoms. The molecule has 4 heteroatoms. The average Bonchev–Trinajstić information content (AvgIpc) is 1.67. The zero-order valence-corrected chi connectivity index (χ0v) is 6.01. The molecular formula is C5H9LiO3. The summed E-state index contributed by atoms with van der Waals surface area (Å²) in [5, 5.41) is 10.1. The molecule has 0 spiro atoms. The molecule has 0 saturated carbocycles. The van der Waals surface area contributed by atoms with Gasteiger partial charge in [0.25, 0.3) is 5.97 Å². The van der Waals surface area contributed by atoms with Crippen molar-refractivity contribution in [1.82, 2.24) is 0 Å². The second-order valence-corrected chi connectivity index (χ2v) is 1.39. The van der Waals surface area contributed by atoms with Crippen LogP contribution in [-0.4, -0.2) is 18.7 Å². The van der Waals surface area contributed by atoms with Gasteiger partial charge in [0.05, 0.1) is 6.61 Å². The Labute approximate surface area is 66.6 Å². The molecule has 0 N–H and O–H groups in total. The summed E-state index contributed by atoms with van der Waals surface area (Å²) in [5.74, 6) is -0.674. The zero-order valence-electron chi connectivity index (χ0n) is 6.01. The number of hydrogen-bond acceptors (Lipinski definition) is 3. The number of esters is 1. The first-order chi connectivity index (χ1) is 3.68. The molecule has 0 aromatic heterocycles. The van der Waals surface area contributed by atoms with Crippen molar-refractivity contribution >= 4 is 5.97 Å². The predicted molar refractivity (Wildman–Crippen MR) is 26.1 cm³/mol. The van der Waals surface area contributed by atoms with Gasteiger partial charge in [-0.3, -0.25) is 4.79 Å². The van der Waals surface area contributed by atoms with E-state index in [1.165, 1.54) is 6.92 Å². The molecule has 0 aliphatic rings. The van der Waals surface area contributed by atoms with Crippen molar-refractivity contribution in [3.8, 4) is 0 Å². The molecule has 0 aromatic rings. The quantitative estimate of drug-likeness (QED) is 0.281. The summed E-state index contributed by atoms with van der Waals surface area (Å²) >= 11 is 0. The Balaban J connectivity index is 0. The van der Waals surface area contributed by atoms with Crippen LogP contribution in [0.15, 0.2) is 0 Å². The average molecular weight is 124 g/mol. The molecule has 0 unspecified atom stereocenters. The molecule has 3 nitrogen and oxygen atoms in total. The molecule has 0 aliphatic carbocycles. The largest absolute Gasteiger partial charge is 1.00 e. The minimum Gasteiger partial charge on any atom is -0.844 e. The van der Waals surface area contributed by atoms with Crippen molar-refractivity contribution in [1.29, 1.82) is 0 Å². The molecule has 0 rings (SSSR count). The van der Waals surface area contributed by atoms with Crippen molar-refractivity contribution in [2.45, 2.75) is 20.0 Å². The number of ether oxygens (including phenoxy) is 1. The van der Waals surface area contributed by atoms with Crippen LogP contribution in [0.2, 0.25) is 0 Å². The van der Waals surface area contributed by atoms with E-state index in [0.29, 0.717) is 0 Å². The van der Waals surface area contributed by atoms with Gasteiger partial charge in [-0.15, -0.1) is 0 Å². The first-order valence-corrected chi connectivity index (χ1v) is 2.51. The third kappa shape index (κ3) is 5.91. The molecule has 0 radical (unpaired) electrons. The summed E-state index contributed by atoms with van der Waals surface area (Å²) < 4.78 is 4.35. The van der Waals surface area contributed by atoms with Crippen molar-refractivity contribution in [3.63, 3.8) is 0 Å². The Kier molecular flexibility index (Phi) is 8.05. The van der Waals surface area contributed by atoms with Gasteiger partial charge in [-0.05, 0) is 13.0 Å². The summed E-state index contributed by atoms with van der Waals surface area (Å²) in [6.45, 7) is 3.21. The normalized spacial score (nSPS) is 11.4. The van der Waals surface area contributed by atoms with E-state index in [2.05, 4.69) is 4.74 Å². The fourth-order valence-corrected chi connectivity index (χ4v) is 0.260. The van der Waals surface area contributed by atoms with Gasteiger partial charge in [0, 0.05) is 0 Å². The predicted octanol–water partition coefficient (Wildman–Crippen LogP) is -3.70. The van der Waals surface area contributed by atoms with Crippen molar-refractivity contribution in [2.75, 3.05) is 6.61 Å². The summed E-state index contributed by atoms with van der Waals surface area (Å²) in [6, 6.07) is 0.